The molecule has 0 saturated carbocycles. The van der Waals surface area contributed by atoms with E-state index < -0.39 is 18.1 Å². The summed E-state index contributed by atoms with van der Waals surface area (Å²) in [6.07, 6.45) is -5.24. The summed E-state index contributed by atoms with van der Waals surface area (Å²) in [5.74, 6) is -1.67. The monoisotopic (exact) mass is 313 g/mol. The molecule has 1 rings (SSSR count). The standard InChI is InChI=1S/C11H11ClF3NO4/c1-18-9-4-8(20-11(13,14)15)6(5-12)7(16-9)3-10(17)19-2/h4H,3,5H2,1-2H3. The van der Waals surface area contributed by atoms with Crippen molar-refractivity contribution in [1.29, 1.82) is 0 Å². The molecule has 5 nitrogen and oxygen atoms in total. The Labute approximate surface area is 117 Å². The van der Waals surface area contributed by atoms with Crippen LogP contribution in [0.2, 0.25) is 0 Å². The van der Waals surface area contributed by atoms with Crippen LogP contribution in [-0.2, 0) is 21.8 Å². The number of rotatable bonds is 5. The van der Waals surface area contributed by atoms with Crippen LogP contribution < -0.4 is 9.47 Å². The maximum atomic E-state index is 12.3. The Bertz CT molecular complexity index is 493. The highest BCUT2D eigenvalue weighted by Crippen LogP contribution is 2.32. The number of carbonyl (C=O) groups excluding carboxylic acids is 1. The summed E-state index contributed by atoms with van der Waals surface area (Å²) >= 11 is 5.61. The second-order valence-electron chi connectivity index (χ2n) is 3.52. The minimum atomic E-state index is -4.89. The van der Waals surface area contributed by atoms with Crippen molar-refractivity contribution in [2.75, 3.05) is 14.2 Å². The van der Waals surface area contributed by atoms with E-state index in [2.05, 4.69) is 14.5 Å². The highest BCUT2D eigenvalue weighted by molar-refractivity contribution is 6.17. The fourth-order valence-electron chi connectivity index (χ4n) is 1.39. The summed E-state index contributed by atoms with van der Waals surface area (Å²) in [7, 11) is 2.37. The molecule has 0 amide bonds. The number of hydrogen-bond acceptors (Lipinski definition) is 5. The molecular formula is C11H11ClF3NO4. The summed E-state index contributed by atoms with van der Waals surface area (Å²) in [5.41, 5.74) is -0.0411. The summed E-state index contributed by atoms with van der Waals surface area (Å²) < 4.78 is 50.1. The largest absolute Gasteiger partial charge is 0.573 e. The minimum absolute atomic E-state index is 0.00505. The molecule has 0 unspecified atom stereocenters. The van der Waals surface area contributed by atoms with E-state index in [9.17, 15) is 18.0 Å². The zero-order valence-corrected chi connectivity index (χ0v) is 11.3. The number of esters is 1. The molecule has 0 fully saturated rings. The van der Waals surface area contributed by atoms with Crippen LogP contribution in [0.5, 0.6) is 11.6 Å². The van der Waals surface area contributed by atoms with Crippen molar-refractivity contribution in [3.63, 3.8) is 0 Å². The molecule has 112 valence electrons. The van der Waals surface area contributed by atoms with Crippen molar-refractivity contribution in [2.24, 2.45) is 0 Å². The van der Waals surface area contributed by atoms with Gasteiger partial charge in [-0.1, -0.05) is 0 Å². The Morgan fingerprint density at radius 3 is 2.50 bits per heavy atom. The lowest BCUT2D eigenvalue weighted by atomic mass is 10.1. The Kier molecular flexibility index (Phi) is 5.43. The van der Waals surface area contributed by atoms with E-state index in [-0.39, 0.29) is 29.4 Å². The van der Waals surface area contributed by atoms with Gasteiger partial charge in [0, 0.05) is 11.6 Å². The van der Waals surface area contributed by atoms with Crippen LogP contribution in [0, 0.1) is 0 Å². The predicted molar refractivity (Wildman–Crippen MR) is 62.7 cm³/mol. The van der Waals surface area contributed by atoms with Gasteiger partial charge in [-0.25, -0.2) is 4.98 Å². The molecule has 9 heteroatoms. The van der Waals surface area contributed by atoms with Gasteiger partial charge in [0.05, 0.1) is 32.2 Å². The number of hydrogen-bond donors (Lipinski definition) is 0. The van der Waals surface area contributed by atoms with Crippen LogP contribution in [0.1, 0.15) is 11.3 Å². The third-order valence-corrected chi connectivity index (χ3v) is 2.52. The number of ether oxygens (including phenoxy) is 3. The number of halogens is 4. The van der Waals surface area contributed by atoms with E-state index in [1.54, 1.807) is 0 Å². The lowest BCUT2D eigenvalue weighted by Gasteiger charge is -2.15. The summed E-state index contributed by atoms with van der Waals surface area (Å²) in [6.45, 7) is 0. The van der Waals surface area contributed by atoms with Crippen molar-refractivity contribution in [2.45, 2.75) is 18.7 Å². The SMILES string of the molecule is COC(=O)Cc1nc(OC)cc(OC(F)(F)F)c1CCl. The molecule has 0 saturated heterocycles. The molecular weight excluding hydrogens is 303 g/mol. The van der Waals surface area contributed by atoms with Gasteiger partial charge in [-0.05, 0) is 0 Å². The molecule has 20 heavy (non-hydrogen) atoms. The van der Waals surface area contributed by atoms with Crippen molar-refractivity contribution < 1.29 is 32.2 Å². The third-order valence-electron chi connectivity index (χ3n) is 2.25. The Hall–Kier alpha value is -1.70. The van der Waals surface area contributed by atoms with Gasteiger partial charge in [0.1, 0.15) is 5.75 Å². The normalized spacial score (nSPS) is 11.1. The van der Waals surface area contributed by atoms with Crippen LogP contribution in [0.4, 0.5) is 13.2 Å². The molecule has 0 bridgehead atoms. The average molecular weight is 314 g/mol. The molecule has 1 aromatic heterocycles. The number of carbonyl (C=O) groups is 1. The molecule has 0 atom stereocenters. The molecule has 0 aliphatic heterocycles. The van der Waals surface area contributed by atoms with E-state index in [1.165, 1.54) is 7.11 Å². The summed E-state index contributed by atoms with van der Waals surface area (Å²) in [5, 5.41) is 0. The first kappa shape index (κ1) is 16.4. The van der Waals surface area contributed by atoms with E-state index in [1.807, 2.05) is 0 Å². The van der Waals surface area contributed by atoms with E-state index in [0.29, 0.717) is 0 Å². The lowest BCUT2D eigenvalue weighted by molar-refractivity contribution is -0.274. The Morgan fingerprint density at radius 2 is 2.05 bits per heavy atom. The first-order valence-corrected chi connectivity index (χ1v) is 5.79. The molecule has 1 heterocycles. The van der Waals surface area contributed by atoms with Crippen LogP contribution in [0.15, 0.2) is 6.07 Å². The van der Waals surface area contributed by atoms with Gasteiger partial charge in [-0.15, -0.1) is 24.8 Å². The molecule has 0 radical (unpaired) electrons. The molecule has 1 aromatic rings. The smallest absolute Gasteiger partial charge is 0.481 e. The van der Waals surface area contributed by atoms with E-state index in [4.69, 9.17) is 16.3 Å². The maximum Gasteiger partial charge on any atom is 0.573 e. The number of methoxy groups -OCH3 is 2. The van der Waals surface area contributed by atoms with Gasteiger partial charge in [0.2, 0.25) is 5.88 Å². The molecule has 0 N–H and O–H groups in total. The first-order chi connectivity index (χ1) is 9.30. The third kappa shape index (κ3) is 4.44. The summed E-state index contributed by atoms with van der Waals surface area (Å²) in [4.78, 5) is 15.1. The zero-order chi connectivity index (χ0) is 15.3. The highest BCUT2D eigenvalue weighted by Gasteiger charge is 2.33. The van der Waals surface area contributed by atoms with Gasteiger partial charge in [0.25, 0.3) is 0 Å². The van der Waals surface area contributed by atoms with Crippen molar-refractivity contribution in [1.82, 2.24) is 4.98 Å². The minimum Gasteiger partial charge on any atom is -0.481 e. The van der Waals surface area contributed by atoms with Crippen molar-refractivity contribution in [3.8, 4) is 11.6 Å². The Morgan fingerprint density at radius 1 is 1.40 bits per heavy atom. The van der Waals surface area contributed by atoms with Gasteiger partial charge < -0.3 is 14.2 Å². The molecule has 0 aliphatic rings. The first-order valence-electron chi connectivity index (χ1n) is 5.26. The highest BCUT2D eigenvalue weighted by atomic mass is 35.5. The average Bonchev–Trinajstić information content (AvgIpc) is 2.36. The predicted octanol–water partition coefficient (Wildman–Crippen LogP) is 2.44. The number of alkyl halides is 4. The molecule has 0 spiro atoms. The number of pyridine rings is 1. The van der Waals surface area contributed by atoms with Crippen molar-refractivity contribution in [3.05, 3.63) is 17.3 Å². The van der Waals surface area contributed by atoms with E-state index in [0.717, 1.165) is 13.2 Å². The topological polar surface area (TPSA) is 57.7 Å². The second kappa shape index (κ2) is 6.65. The van der Waals surface area contributed by atoms with Gasteiger partial charge >= 0.3 is 12.3 Å². The lowest BCUT2D eigenvalue weighted by Crippen LogP contribution is -2.19. The van der Waals surface area contributed by atoms with E-state index >= 15 is 0 Å². The summed E-state index contributed by atoms with van der Waals surface area (Å²) in [6, 6.07) is 0.950. The molecule has 0 aliphatic carbocycles. The van der Waals surface area contributed by atoms with Gasteiger partial charge in [-0.3, -0.25) is 4.79 Å². The zero-order valence-electron chi connectivity index (χ0n) is 10.6. The fraction of sp³-hybridized carbons (Fsp3) is 0.455. The van der Waals surface area contributed by atoms with Crippen molar-refractivity contribution >= 4 is 17.6 Å². The molecule has 0 aromatic carbocycles. The van der Waals surface area contributed by atoms with Gasteiger partial charge in [0.15, 0.2) is 0 Å². The van der Waals surface area contributed by atoms with Gasteiger partial charge in [-0.2, -0.15) is 0 Å². The second-order valence-corrected chi connectivity index (χ2v) is 3.79. The van der Waals surface area contributed by atoms with Crippen LogP contribution in [0.3, 0.4) is 0 Å². The van der Waals surface area contributed by atoms with Crippen LogP contribution in [-0.4, -0.2) is 31.5 Å². The quantitative estimate of drug-likeness (QED) is 0.617. The number of nitrogens with zero attached hydrogens (tertiary/aromatic N) is 1. The fourth-order valence-corrected chi connectivity index (χ4v) is 1.68. The Balaban J connectivity index is 3.27. The van der Waals surface area contributed by atoms with Crippen LogP contribution >= 0.6 is 11.6 Å². The maximum absolute atomic E-state index is 12.3. The van der Waals surface area contributed by atoms with Crippen LogP contribution in [0.25, 0.3) is 0 Å². The number of aromatic nitrogens is 1.